The third kappa shape index (κ3) is 4.40. The Balaban J connectivity index is 4.24. The molecular formula is C7H11F4NO2. The molecule has 0 N–H and O–H groups in total. The van der Waals surface area contributed by atoms with E-state index in [1.165, 1.54) is 13.8 Å². The van der Waals surface area contributed by atoms with Crippen molar-refractivity contribution >= 4 is 5.91 Å². The van der Waals surface area contributed by atoms with Gasteiger partial charge in [-0.15, -0.1) is 13.2 Å². The summed E-state index contributed by atoms with van der Waals surface area (Å²) in [5.41, 5.74) is 0. The number of amides is 1. The topological polar surface area (TPSA) is 29.5 Å². The van der Waals surface area contributed by atoms with E-state index in [0.717, 1.165) is 4.90 Å². The van der Waals surface area contributed by atoms with Crippen molar-refractivity contribution in [3.8, 4) is 0 Å². The Bertz CT molecular complexity index is 191. The van der Waals surface area contributed by atoms with Crippen LogP contribution in [0.4, 0.5) is 17.6 Å². The van der Waals surface area contributed by atoms with E-state index in [9.17, 15) is 22.4 Å². The second kappa shape index (κ2) is 5.14. The van der Waals surface area contributed by atoms with Crippen molar-refractivity contribution in [3.05, 3.63) is 0 Å². The Hall–Kier alpha value is -0.850. The molecule has 0 aromatic rings. The van der Waals surface area contributed by atoms with Crippen LogP contribution in [0.2, 0.25) is 0 Å². The highest BCUT2D eigenvalue weighted by Gasteiger charge is 2.38. The van der Waals surface area contributed by atoms with Crippen LogP contribution < -0.4 is 0 Å². The molecule has 0 saturated heterocycles. The lowest BCUT2D eigenvalue weighted by Gasteiger charge is -2.21. The Morgan fingerprint density at radius 3 is 2.07 bits per heavy atom. The average Bonchev–Trinajstić information content (AvgIpc) is 2.03. The summed E-state index contributed by atoms with van der Waals surface area (Å²) in [6.07, 6.45) is -8.11. The quantitative estimate of drug-likeness (QED) is 0.670. The maximum atomic E-state index is 12.6. The lowest BCUT2D eigenvalue weighted by molar-refractivity contribution is -0.354. The molecular weight excluding hydrogens is 206 g/mol. The number of likely N-dealkylation sites (N-methyl/N-ethyl adjacent to an activating group) is 1. The first-order chi connectivity index (χ1) is 6.31. The van der Waals surface area contributed by atoms with Crippen LogP contribution in [0.25, 0.3) is 0 Å². The Kier molecular flexibility index (Phi) is 4.82. The maximum absolute atomic E-state index is 12.6. The van der Waals surface area contributed by atoms with Crippen molar-refractivity contribution in [3.63, 3.8) is 0 Å². The molecule has 7 heteroatoms. The van der Waals surface area contributed by atoms with E-state index >= 15 is 0 Å². The van der Waals surface area contributed by atoms with Gasteiger partial charge < -0.3 is 4.90 Å². The highest BCUT2D eigenvalue weighted by atomic mass is 19.4. The van der Waals surface area contributed by atoms with Gasteiger partial charge in [-0.1, -0.05) is 0 Å². The number of alkyl halides is 4. The van der Waals surface area contributed by atoms with Crippen LogP contribution in [0.3, 0.4) is 0 Å². The molecule has 0 fully saturated rings. The van der Waals surface area contributed by atoms with Crippen LogP contribution >= 0.6 is 0 Å². The third-order valence-corrected chi connectivity index (χ3v) is 1.51. The molecule has 84 valence electrons. The first kappa shape index (κ1) is 13.2. The van der Waals surface area contributed by atoms with Crippen molar-refractivity contribution in [2.75, 3.05) is 13.1 Å². The molecule has 0 heterocycles. The number of carbonyl (C=O) groups is 1. The summed E-state index contributed by atoms with van der Waals surface area (Å²) in [5.74, 6) is -1.31. The number of carbonyl (C=O) groups excluding carboxylic acids is 1. The third-order valence-electron chi connectivity index (χ3n) is 1.51. The van der Waals surface area contributed by atoms with Crippen molar-refractivity contribution in [1.82, 2.24) is 4.90 Å². The lowest BCUT2D eigenvalue weighted by atomic mass is 10.4. The van der Waals surface area contributed by atoms with E-state index in [1.807, 2.05) is 0 Å². The van der Waals surface area contributed by atoms with Crippen molar-refractivity contribution < 1.29 is 27.1 Å². The van der Waals surface area contributed by atoms with E-state index < -0.39 is 18.6 Å². The summed E-state index contributed by atoms with van der Waals surface area (Å²) < 4.78 is 50.0. The predicted octanol–water partition coefficient (Wildman–Crippen LogP) is 1.69. The minimum Gasteiger partial charge on any atom is -0.339 e. The molecule has 0 aromatic heterocycles. The van der Waals surface area contributed by atoms with Crippen LogP contribution in [-0.4, -0.2) is 36.6 Å². The zero-order valence-corrected chi connectivity index (χ0v) is 7.77. The minimum atomic E-state index is -5.14. The Labute approximate surface area is 78.6 Å². The van der Waals surface area contributed by atoms with Gasteiger partial charge in [0.25, 0.3) is 12.3 Å². The Morgan fingerprint density at radius 2 is 1.79 bits per heavy atom. The predicted molar refractivity (Wildman–Crippen MR) is 40.0 cm³/mol. The van der Waals surface area contributed by atoms with E-state index in [0.29, 0.717) is 0 Å². The van der Waals surface area contributed by atoms with Gasteiger partial charge in [0.15, 0.2) is 0 Å². The molecule has 0 saturated carbocycles. The molecule has 0 aliphatic carbocycles. The fourth-order valence-corrected chi connectivity index (χ4v) is 0.847. The first-order valence-electron chi connectivity index (χ1n) is 3.99. The van der Waals surface area contributed by atoms with E-state index in [2.05, 4.69) is 4.74 Å². The maximum Gasteiger partial charge on any atom is 0.525 e. The standard InChI is InChI=1S/C7H11F4NO2/c1-3-12(4-2)6(13)5(8)14-7(9,10)11/h5H,3-4H2,1-2H3. The van der Waals surface area contributed by atoms with Gasteiger partial charge in [0, 0.05) is 13.1 Å². The summed E-state index contributed by atoms with van der Waals surface area (Å²) in [7, 11) is 0. The monoisotopic (exact) mass is 217 g/mol. The van der Waals surface area contributed by atoms with Gasteiger partial charge in [0.2, 0.25) is 0 Å². The van der Waals surface area contributed by atoms with Crippen molar-refractivity contribution in [1.29, 1.82) is 0 Å². The molecule has 0 radical (unpaired) electrons. The second-order valence-electron chi connectivity index (χ2n) is 2.39. The first-order valence-corrected chi connectivity index (χ1v) is 3.99. The molecule has 0 aliphatic heterocycles. The zero-order valence-electron chi connectivity index (χ0n) is 7.77. The van der Waals surface area contributed by atoms with Gasteiger partial charge in [-0.05, 0) is 13.8 Å². The number of halogens is 4. The number of hydrogen-bond donors (Lipinski definition) is 0. The van der Waals surface area contributed by atoms with Crippen LogP contribution in [0, 0.1) is 0 Å². The van der Waals surface area contributed by atoms with Crippen molar-refractivity contribution in [2.24, 2.45) is 0 Å². The lowest BCUT2D eigenvalue weighted by Crippen LogP contribution is -2.40. The van der Waals surface area contributed by atoms with Gasteiger partial charge in [0.1, 0.15) is 0 Å². The van der Waals surface area contributed by atoms with Gasteiger partial charge in [-0.3, -0.25) is 4.79 Å². The summed E-state index contributed by atoms with van der Waals surface area (Å²) in [5, 5.41) is 0. The summed E-state index contributed by atoms with van der Waals surface area (Å²) in [6.45, 7) is 3.33. The smallest absolute Gasteiger partial charge is 0.339 e. The van der Waals surface area contributed by atoms with Gasteiger partial charge in [-0.25, -0.2) is 9.13 Å². The van der Waals surface area contributed by atoms with Crippen molar-refractivity contribution in [2.45, 2.75) is 26.6 Å². The zero-order chi connectivity index (χ0) is 11.4. The molecule has 14 heavy (non-hydrogen) atoms. The second-order valence-corrected chi connectivity index (χ2v) is 2.39. The number of hydrogen-bond acceptors (Lipinski definition) is 2. The highest BCUT2D eigenvalue weighted by Crippen LogP contribution is 2.20. The molecule has 1 unspecified atom stereocenters. The van der Waals surface area contributed by atoms with E-state index in [1.54, 1.807) is 0 Å². The van der Waals surface area contributed by atoms with Gasteiger partial charge in [0.05, 0.1) is 0 Å². The van der Waals surface area contributed by atoms with Crippen LogP contribution in [0.15, 0.2) is 0 Å². The Morgan fingerprint density at radius 1 is 1.36 bits per heavy atom. The van der Waals surface area contributed by atoms with Crippen LogP contribution in [0.5, 0.6) is 0 Å². The van der Waals surface area contributed by atoms with E-state index in [-0.39, 0.29) is 13.1 Å². The minimum absolute atomic E-state index is 0.136. The van der Waals surface area contributed by atoms with Gasteiger partial charge >= 0.3 is 6.36 Å². The fraction of sp³-hybridized carbons (Fsp3) is 0.857. The summed E-state index contributed by atoms with van der Waals surface area (Å²) >= 11 is 0. The molecule has 0 aliphatic rings. The largest absolute Gasteiger partial charge is 0.525 e. The van der Waals surface area contributed by atoms with E-state index in [4.69, 9.17) is 0 Å². The molecule has 1 atom stereocenters. The number of nitrogens with zero attached hydrogens (tertiary/aromatic N) is 1. The highest BCUT2D eigenvalue weighted by molar-refractivity contribution is 5.79. The normalized spacial score (nSPS) is 13.9. The molecule has 0 spiro atoms. The molecule has 0 bridgehead atoms. The fourth-order valence-electron chi connectivity index (χ4n) is 0.847. The average molecular weight is 217 g/mol. The SMILES string of the molecule is CCN(CC)C(=O)C(F)OC(F)(F)F. The van der Waals surface area contributed by atoms with Gasteiger partial charge in [-0.2, -0.15) is 0 Å². The number of rotatable bonds is 4. The summed E-state index contributed by atoms with van der Waals surface area (Å²) in [4.78, 5) is 11.8. The summed E-state index contributed by atoms with van der Waals surface area (Å²) in [6, 6.07) is 0. The number of ether oxygens (including phenoxy) is 1. The molecule has 0 aromatic carbocycles. The molecule has 1 amide bonds. The molecule has 3 nitrogen and oxygen atoms in total. The van der Waals surface area contributed by atoms with Crippen LogP contribution in [-0.2, 0) is 9.53 Å². The van der Waals surface area contributed by atoms with Crippen LogP contribution in [0.1, 0.15) is 13.8 Å². The molecule has 0 rings (SSSR count).